The number of hydrogen-bond acceptors (Lipinski definition) is 8. The molecule has 3 heterocycles. The molecular weight excluding hydrogens is 492 g/mol. The van der Waals surface area contributed by atoms with Crippen LogP contribution in [0.4, 0.5) is 17.1 Å². The third-order valence-electron chi connectivity index (χ3n) is 7.28. The zero-order valence-corrected chi connectivity index (χ0v) is 22.6. The Morgan fingerprint density at radius 1 is 1.08 bits per heavy atom. The van der Waals surface area contributed by atoms with Crippen LogP contribution in [0.2, 0.25) is 0 Å². The average Bonchev–Trinajstić information content (AvgIpc) is 3.30. The van der Waals surface area contributed by atoms with Crippen molar-refractivity contribution in [3.05, 3.63) is 83.7 Å². The minimum Gasteiger partial charge on any atom is -0.464 e. The van der Waals surface area contributed by atoms with Gasteiger partial charge >= 0.3 is 5.97 Å². The van der Waals surface area contributed by atoms with Gasteiger partial charge in [-0.3, -0.25) is 9.69 Å². The highest BCUT2D eigenvalue weighted by Crippen LogP contribution is 2.37. The van der Waals surface area contributed by atoms with E-state index >= 15 is 0 Å². The number of ether oxygens (including phenoxy) is 1. The van der Waals surface area contributed by atoms with Crippen molar-refractivity contribution in [1.82, 2.24) is 14.8 Å². The molecule has 2 aliphatic heterocycles. The van der Waals surface area contributed by atoms with Gasteiger partial charge in [-0.2, -0.15) is 0 Å². The van der Waals surface area contributed by atoms with Crippen LogP contribution in [-0.2, 0) is 9.53 Å². The molecule has 5 rings (SSSR count). The van der Waals surface area contributed by atoms with Crippen molar-refractivity contribution in [2.45, 2.75) is 0 Å². The average molecular weight is 527 g/mol. The van der Waals surface area contributed by atoms with E-state index in [9.17, 15) is 9.59 Å². The number of benzene rings is 2. The van der Waals surface area contributed by atoms with Gasteiger partial charge in [0.05, 0.1) is 24.1 Å². The van der Waals surface area contributed by atoms with E-state index in [0.29, 0.717) is 22.5 Å². The van der Waals surface area contributed by atoms with E-state index in [1.807, 2.05) is 42.5 Å². The SMILES string of the molecule is COC(=O)c1cc2c(cn1)C(=C(Nc1ccc(N(C)CCN3CCN(C)CC3)cc1)c1ccccc1)C(=O)N2. The van der Waals surface area contributed by atoms with Crippen LogP contribution >= 0.6 is 0 Å². The summed E-state index contributed by atoms with van der Waals surface area (Å²) in [5.41, 5.74) is 5.27. The Morgan fingerprint density at radius 2 is 1.79 bits per heavy atom. The molecule has 3 aromatic rings. The highest BCUT2D eigenvalue weighted by molar-refractivity contribution is 6.37. The number of carbonyl (C=O) groups excluding carboxylic acids is 2. The number of aromatic nitrogens is 1. The molecule has 0 spiro atoms. The number of hydrogen-bond donors (Lipinski definition) is 2. The number of nitrogens with one attached hydrogen (secondary N) is 2. The number of piperazine rings is 1. The van der Waals surface area contributed by atoms with Gasteiger partial charge < -0.3 is 25.2 Å². The van der Waals surface area contributed by atoms with E-state index < -0.39 is 5.97 Å². The highest BCUT2D eigenvalue weighted by Gasteiger charge is 2.30. The third-order valence-corrected chi connectivity index (χ3v) is 7.28. The fraction of sp³-hybridized carbons (Fsp3) is 0.300. The lowest BCUT2D eigenvalue weighted by atomic mass is 10.0. The van der Waals surface area contributed by atoms with E-state index in [0.717, 1.165) is 56.2 Å². The summed E-state index contributed by atoms with van der Waals surface area (Å²) < 4.78 is 4.78. The van der Waals surface area contributed by atoms with Crippen LogP contribution in [0.25, 0.3) is 11.3 Å². The van der Waals surface area contributed by atoms with Crippen LogP contribution in [-0.4, -0.2) is 87.1 Å². The molecular formula is C30H34N6O3. The predicted molar refractivity (Wildman–Crippen MR) is 155 cm³/mol. The normalized spacial score (nSPS) is 16.8. The first kappa shape index (κ1) is 26.4. The first-order chi connectivity index (χ1) is 18.9. The highest BCUT2D eigenvalue weighted by atomic mass is 16.5. The van der Waals surface area contributed by atoms with Crippen molar-refractivity contribution in [1.29, 1.82) is 0 Å². The minimum atomic E-state index is -0.556. The van der Waals surface area contributed by atoms with Crippen molar-refractivity contribution in [2.75, 3.05) is 76.0 Å². The van der Waals surface area contributed by atoms with Crippen molar-refractivity contribution in [3.8, 4) is 0 Å². The zero-order valence-electron chi connectivity index (χ0n) is 22.6. The molecule has 9 nitrogen and oxygen atoms in total. The van der Waals surface area contributed by atoms with Crippen molar-refractivity contribution >= 4 is 40.2 Å². The van der Waals surface area contributed by atoms with Gasteiger partial charge in [-0.15, -0.1) is 0 Å². The first-order valence-electron chi connectivity index (χ1n) is 13.1. The van der Waals surface area contributed by atoms with Crippen LogP contribution < -0.4 is 15.5 Å². The lowest BCUT2D eigenvalue weighted by Gasteiger charge is -2.33. The number of amides is 1. The molecule has 1 saturated heterocycles. The molecule has 0 bridgehead atoms. The molecule has 9 heteroatoms. The lowest BCUT2D eigenvalue weighted by Crippen LogP contribution is -2.46. The summed E-state index contributed by atoms with van der Waals surface area (Å²) >= 11 is 0. The number of carbonyl (C=O) groups is 2. The van der Waals surface area contributed by atoms with Gasteiger partial charge in [-0.25, -0.2) is 9.78 Å². The number of esters is 1. The second-order valence-corrected chi connectivity index (χ2v) is 9.92. The molecule has 0 radical (unpaired) electrons. The standard InChI is InChI=1S/C30H34N6O3/c1-34-13-16-36(17-14-34)18-15-35(2)23-11-9-22(10-12-23)32-28(21-7-5-4-6-8-21)27-24-20-31-26(30(38)39-3)19-25(24)33-29(27)37/h4-12,19-20,32H,13-18H2,1-3H3,(H,33,37). The van der Waals surface area contributed by atoms with Gasteiger partial charge in [0.15, 0.2) is 0 Å². The molecule has 2 aromatic carbocycles. The van der Waals surface area contributed by atoms with Crippen LogP contribution in [0.15, 0.2) is 66.9 Å². The maximum absolute atomic E-state index is 13.2. The van der Waals surface area contributed by atoms with E-state index in [2.05, 4.69) is 56.5 Å². The number of pyridine rings is 1. The summed E-state index contributed by atoms with van der Waals surface area (Å²) in [5, 5.41) is 6.35. The van der Waals surface area contributed by atoms with E-state index in [4.69, 9.17) is 4.74 Å². The third kappa shape index (κ3) is 5.94. The Morgan fingerprint density at radius 3 is 2.49 bits per heavy atom. The molecule has 0 aliphatic carbocycles. The Kier molecular flexibility index (Phi) is 7.90. The van der Waals surface area contributed by atoms with E-state index in [1.165, 1.54) is 13.3 Å². The lowest BCUT2D eigenvalue weighted by molar-refractivity contribution is -0.110. The molecule has 1 fully saturated rings. The van der Waals surface area contributed by atoms with Crippen molar-refractivity contribution in [3.63, 3.8) is 0 Å². The summed E-state index contributed by atoms with van der Waals surface area (Å²) in [6.07, 6.45) is 1.54. The zero-order chi connectivity index (χ0) is 27.4. The summed E-state index contributed by atoms with van der Waals surface area (Å²) in [5.74, 6) is -0.820. The number of likely N-dealkylation sites (N-methyl/N-ethyl adjacent to an activating group) is 2. The molecule has 39 heavy (non-hydrogen) atoms. The Hall–Kier alpha value is -4.21. The topological polar surface area (TPSA) is 90.0 Å². The fourth-order valence-electron chi connectivity index (χ4n) is 4.85. The number of fused-ring (bicyclic) bond motifs is 1. The molecule has 202 valence electrons. The number of nitrogens with zero attached hydrogens (tertiary/aromatic N) is 4. The van der Waals surface area contributed by atoms with Gasteiger partial charge in [0.2, 0.25) is 0 Å². The number of methoxy groups -OCH3 is 1. The predicted octanol–water partition coefficient (Wildman–Crippen LogP) is 3.48. The summed E-state index contributed by atoms with van der Waals surface area (Å²) in [6, 6.07) is 19.5. The second-order valence-electron chi connectivity index (χ2n) is 9.92. The molecule has 2 N–H and O–H groups in total. The smallest absolute Gasteiger partial charge is 0.356 e. The Labute approximate surface area is 229 Å². The maximum Gasteiger partial charge on any atom is 0.356 e. The Bertz CT molecular complexity index is 1370. The largest absolute Gasteiger partial charge is 0.464 e. The molecule has 0 saturated carbocycles. The van der Waals surface area contributed by atoms with Crippen molar-refractivity contribution in [2.24, 2.45) is 0 Å². The van der Waals surface area contributed by atoms with Crippen LogP contribution in [0.1, 0.15) is 21.6 Å². The van der Waals surface area contributed by atoms with Gasteiger partial charge in [-0.05, 0) is 42.9 Å². The van der Waals surface area contributed by atoms with Crippen LogP contribution in [0, 0.1) is 0 Å². The molecule has 1 amide bonds. The van der Waals surface area contributed by atoms with Gasteiger partial charge in [0.25, 0.3) is 5.91 Å². The van der Waals surface area contributed by atoms with Crippen LogP contribution in [0.3, 0.4) is 0 Å². The minimum absolute atomic E-state index is 0.138. The monoisotopic (exact) mass is 526 g/mol. The van der Waals surface area contributed by atoms with E-state index in [1.54, 1.807) is 6.07 Å². The van der Waals surface area contributed by atoms with Gasteiger partial charge in [0, 0.05) is 69.5 Å². The van der Waals surface area contributed by atoms with Crippen LogP contribution in [0.5, 0.6) is 0 Å². The molecule has 0 unspecified atom stereocenters. The summed E-state index contributed by atoms with van der Waals surface area (Å²) in [6.45, 7) is 6.45. The van der Waals surface area contributed by atoms with Gasteiger partial charge in [0.1, 0.15) is 5.69 Å². The molecule has 1 aromatic heterocycles. The molecule has 0 atom stereocenters. The second kappa shape index (κ2) is 11.7. The first-order valence-corrected chi connectivity index (χ1v) is 13.1. The number of rotatable bonds is 8. The summed E-state index contributed by atoms with van der Waals surface area (Å²) in [7, 11) is 5.59. The summed E-state index contributed by atoms with van der Waals surface area (Å²) in [4.78, 5) is 36.5. The molecule has 2 aliphatic rings. The van der Waals surface area contributed by atoms with Crippen molar-refractivity contribution < 1.29 is 14.3 Å². The maximum atomic E-state index is 13.2. The fourth-order valence-corrected chi connectivity index (χ4v) is 4.85. The van der Waals surface area contributed by atoms with E-state index in [-0.39, 0.29) is 11.6 Å². The Balaban J connectivity index is 1.38. The van der Waals surface area contributed by atoms with Gasteiger partial charge in [-0.1, -0.05) is 30.3 Å². The number of anilines is 3. The quantitative estimate of drug-likeness (QED) is 0.341.